The van der Waals surface area contributed by atoms with Crippen LogP contribution in [0.25, 0.3) is 10.8 Å². The lowest BCUT2D eigenvalue weighted by atomic mass is 10.1. The van der Waals surface area contributed by atoms with Gasteiger partial charge >= 0.3 is 5.97 Å². The minimum Gasteiger partial charge on any atom is -0.484 e. The number of amides is 2. The van der Waals surface area contributed by atoms with Crippen LogP contribution in [-0.4, -0.2) is 65.5 Å². The summed E-state index contributed by atoms with van der Waals surface area (Å²) in [5, 5.41) is 10.8. The molecular weight excluding hydrogens is 360 g/mol. The molecule has 28 heavy (non-hydrogen) atoms. The van der Waals surface area contributed by atoms with Crippen molar-refractivity contribution in [3.8, 4) is 5.75 Å². The summed E-state index contributed by atoms with van der Waals surface area (Å²) >= 11 is 0. The van der Waals surface area contributed by atoms with Gasteiger partial charge in [0.25, 0.3) is 5.91 Å². The van der Waals surface area contributed by atoms with Crippen molar-refractivity contribution in [2.45, 2.75) is 19.3 Å². The zero-order chi connectivity index (χ0) is 19.9. The highest BCUT2D eigenvalue weighted by molar-refractivity contribution is 5.84. The molecule has 1 fully saturated rings. The summed E-state index contributed by atoms with van der Waals surface area (Å²) in [4.78, 5) is 38.4. The van der Waals surface area contributed by atoms with Crippen molar-refractivity contribution in [1.29, 1.82) is 0 Å². The lowest BCUT2D eigenvalue weighted by molar-refractivity contribution is -0.141. The van der Waals surface area contributed by atoms with E-state index in [1.807, 2.05) is 42.5 Å². The molecule has 2 aromatic rings. The number of fused-ring (bicyclic) bond motifs is 1. The summed E-state index contributed by atoms with van der Waals surface area (Å²) in [6.07, 6.45) is 0.564. The van der Waals surface area contributed by atoms with Crippen molar-refractivity contribution >= 4 is 28.6 Å². The van der Waals surface area contributed by atoms with Gasteiger partial charge in [-0.1, -0.05) is 30.3 Å². The number of benzene rings is 2. The molecule has 2 amide bonds. The van der Waals surface area contributed by atoms with E-state index in [0.29, 0.717) is 38.3 Å². The third kappa shape index (κ3) is 5.22. The van der Waals surface area contributed by atoms with Crippen LogP contribution in [0.15, 0.2) is 42.5 Å². The van der Waals surface area contributed by atoms with E-state index in [2.05, 4.69) is 0 Å². The number of nitrogens with zero attached hydrogens (tertiary/aromatic N) is 2. The average Bonchev–Trinajstić information content (AvgIpc) is 2.71. The fourth-order valence-corrected chi connectivity index (χ4v) is 3.25. The molecule has 0 aliphatic carbocycles. The Balaban J connectivity index is 1.43. The molecule has 0 saturated carbocycles. The Morgan fingerprint density at radius 3 is 2.18 bits per heavy atom. The van der Waals surface area contributed by atoms with Gasteiger partial charge in [-0.2, -0.15) is 0 Å². The van der Waals surface area contributed by atoms with Gasteiger partial charge in [0, 0.05) is 39.0 Å². The molecule has 0 atom stereocenters. The predicted molar refractivity (Wildman–Crippen MR) is 104 cm³/mol. The smallest absolute Gasteiger partial charge is 0.303 e. The first-order chi connectivity index (χ1) is 13.5. The van der Waals surface area contributed by atoms with Crippen LogP contribution in [0.4, 0.5) is 0 Å². The molecule has 7 nitrogen and oxygen atoms in total. The summed E-state index contributed by atoms with van der Waals surface area (Å²) in [7, 11) is 0. The maximum atomic E-state index is 12.4. The number of carboxylic acids is 1. The highest BCUT2D eigenvalue weighted by Gasteiger charge is 2.24. The van der Waals surface area contributed by atoms with Gasteiger partial charge < -0.3 is 19.6 Å². The first-order valence-electron chi connectivity index (χ1n) is 9.42. The first-order valence-corrected chi connectivity index (χ1v) is 9.42. The molecule has 3 rings (SSSR count). The SMILES string of the molecule is O=C(O)CCCC(=O)N1CCN(C(=O)COc2ccc3ccccc3c2)CC1. The lowest BCUT2D eigenvalue weighted by Gasteiger charge is -2.34. The molecule has 0 bridgehead atoms. The monoisotopic (exact) mass is 384 g/mol. The first kappa shape index (κ1) is 19.7. The highest BCUT2D eigenvalue weighted by atomic mass is 16.5. The fraction of sp³-hybridized carbons (Fsp3) is 0.381. The quantitative estimate of drug-likeness (QED) is 0.790. The Bertz CT molecular complexity index is 859. The Hall–Kier alpha value is -3.09. The van der Waals surface area contributed by atoms with E-state index in [1.165, 1.54) is 0 Å². The Kier molecular flexibility index (Phi) is 6.47. The highest BCUT2D eigenvalue weighted by Crippen LogP contribution is 2.20. The normalized spacial score (nSPS) is 14.1. The minimum absolute atomic E-state index is 0.00367. The van der Waals surface area contributed by atoms with Crippen LogP contribution in [-0.2, 0) is 14.4 Å². The van der Waals surface area contributed by atoms with E-state index in [1.54, 1.807) is 9.80 Å². The van der Waals surface area contributed by atoms with Gasteiger partial charge in [-0.05, 0) is 29.3 Å². The number of rotatable bonds is 7. The molecule has 2 aromatic carbocycles. The summed E-state index contributed by atoms with van der Waals surface area (Å²) in [6, 6.07) is 13.7. The van der Waals surface area contributed by atoms with Crippen molar-refractivity contribution in [3.63, 3.8) is 0 Å². The molecule has 7 heteroatoms. The standard InChI is InChI=1S/C21H24N2O5/c24-19(6-3-7-21(26)27)22-10-12-23(13-11-22)20(25)15-28-18-9-8-16-4-1-2-5-17(16)14-18/h1-2,4-5,8-9,14H,3,6-7,10-13,15H2,(H,26,27). The average molecular weight is 384 g/mol. The molecular formula is C21H24N2O5. The van der Waals surface area contributed by atoms with Gasteiger partial charge in [-0.3, -0.25) is 14.4 Å². The van der Waals surface area contributed by atoms with E-state index in [4.69, 9.17) is 9.84 Å². The van der Waals surface area contributed by atoms with Gasteiger partial charge in [0.15, 0.2) is 6.61 Å². The molecule has 1 heterocycles. The molecule has 1 aliphatic rings. The fourth-order valence-electron chi connectivity index (χ4n) is 3.25. The second kappa shape index (κ2) is 9.21. The van der Waals surface area contributed by atoms with Crippen LogP contribution >= 0.6 is 0 Å². The molecule has 0 spiro atoms. The van der Waals surface area contributed by atoms with Crippen LogP contribution in [0.5, 0.6) is 5.75 Å². The van der Waals surface area contributed by atoms with Gasteiger partial charge in [-0.15, -0.1) is 0 Å². The molecule has 1 aliphatic heterocycles. The van der Waals surface area contributed by atoms with E-state index < -0.39 is 5.97 Å². The van der Waals surface area contributed by atoms with Crippen LogP contribution in [0.2, 0.25) is 0 Å². The number of hydrogen-bond acceptors (Lipinski definition) is 4. The van der Waals surface area contributed by atoms with Gasteiger partial charge in [0.05, 0.1) is 0 Å². The number of ether oxygens (including phenoxy) is 1. The third-order valence-electron chi connectivity index (χ3n) is 4.85. The van der Waals surface area contributed by atoms with Crippen molar-refractivity contribution in [3.05, 3.63) is 42.5 Å². The minimum atomic E-state index is -0.894. The summed E-state index contributed by atoms with van der Waals surface area (Å²) in [6.45, 7) is 1.82. The molecule has 148 valence electrons. The van der Waals surface area contributed by atoms with E-state index >= 15 is 0 Å². The Morgan fingerprint density at radius 2 is 1.50 bits per heavy atom. The van der Waals surface area contributed by atoms with E-state index in [0.717, 1.165) is 10.8 Å². The number of hydrogen-bond donors (Lipinski definition) is 1. The molecule has 0 aromatic heterocycles. The zero-order valence-corrected chi connectivity index (χ0v) is 15.7. The Labute approximate surface area is 163 Å². The number of carbonyl (C=O) groups is 3. The second-order valence-corrected chi connectivity index (χ2v) is 6.81. The van der Waals surface area contributed by atoms with E-state index in [9.17, 15) is 14.4 Å². The van der Waals surface area contributed by atoms with Crippen molar-refractivity contribution < 1.29 is 24.2 Å². The van der Waals surface area contributed by atoms with Crippen molar-refractivity contribution in [2.75, 3.05) is 32.8 Å². The lowest BCUT2D eigenvalue weighted by Crippen LogP contribution is -2.51. The van der Waals surface area contributed by atoms with Gasteiger partial charge in [-0.25, -0.2) is 0 Å². The molecule has 1 saturated heterocycles. The number of piperazine rings is 1. The number of carboxylic acid groups (broad SMARTS) is 1. The summed E-state index contributed by atoms with van der Waals surface area (Å²) in [5.74, 6) is -0.402. The van der Waals surface area contributed by atoms with Crippen LogP contribution < -0.4 is 4.74 Å². The zero-order valence-electron chi connectivity index (χ0n) is 15.7. The summed E-state index contributed by atoms with van der Waals surface area (Å²) in [5.41, 5.74) is 0. The van der Waals surface area contributed by atoms with E-state index in [-0.39, 0.29) is 31.3 Å². The van der Waals surface area contributed by atoms with Crippen LogP contribution in [0, 0.1) is 0 Å². The molecule has 0 unspecified atom stereocenters. The van der Waals surface area contributed by atoms with Crippen LogP contribution in [0.3, 0.4) is 0 Å². The van der Waals surface area contributed by atoms with Gasteiger partial charge in [0.2, 0.25) is 5.91 Å². The molecule has 1 N–H and O–H groups in total. The topological polar surface area (TPSA) is 87.2 Å². The summed E-state index contributed by atoms with van der Waals surface area (Å²) < 4.78 is 5.65. The van der Waals surface area contributed by atoms with Crippen molar-refractivity contribution in [2.24, 2.45) is 0 Å². The van der Waals surface area contributed by atoms with Gasteiger partial charge in [0.1, 0.15) is 5.75 Å². The number of aliphatic carboxylic acids is 1. The second-order valence-electron chi connectivity index (χ2n) is 6.81. The molecule has 0 radical (unpaired) electrons. The predicted octanol–water partition coefficient (Wildman–Crippen LogP) is 2.14. The van der Waals surface area contributed by atoms with Crippen LogP contribution in [0.1, 0.15) is 19.3 Å². The van der Waals surface area contributed by atoms with Crippen molar-refractivity contribution in [1.82, 2.24) is 9.80 Å². The largest absolute Gasteiger partial charge is 0.484 e. The third-order valence-corrected chi connectivity index (χ3v) is 4.85. The maximum Gasteiger partial charge on any atom is 0.303 e. The number of carbonyl (C=O) groups excluding carboxylic acids is 2. The maximum absolute atomic E-state index is 12.4. The Morgan fingerprint density at radius 1 is 0.857 bits per heavy atom.